The Balaban J connectivity index is 1.77. The van der Waals surface area contributed by atoms with E-state index < -0.39 is 0 Å². The Hall–Kier alpha value is -2.46. The predicted molar refractivity (Wildman–Crippen MR) is 95.8 cm³/mol. The third-order valence-corrected chi connectivity index (χ3v) is 5.17. The fourth-order valence-corrected chi connectivity index (χ4v) is 3.86. The Morgan fingerprint density at radius 1 is 1.36 bits per heavy atom. The lowest BCUT2D eigenvalue weighted by atomic mass is 10.3. The van der Waals surface area contributed by atoms with E-state index in [9.17, 15) is 9.18 Å². The number of hydrogen-bond acceptors (Lipinski definition) is 7. The number of halogens is 1. The molecule has 130 valence electrons. The maximum absolute atomic E-state index is 13.1. The van der Waals surface area contributed by atoms with E-state index in [0.717, 1.165) is 5.69 Å². The normalized spacial score (nSPS) is 10.8. The average molecular weight is 378 g/mol. The molecular weight excluding hydrogens is 363 g/mol. The molecule has 2 heterocycles. The van der Waals surface area contributed by atoms with Crippen LogP contribution in [0.15, 0.2) is 34.8 Å². The lowest BCUT2D eigenvalue weighted by molar-refractivity contribution is -0.115. The van der Waals surface area contributed by atoms with Crippen molar-refractivity contribution in [3.63, 3.8) is 0 Å². The first-order valence-corrected chi connectivity index (χ1v) is 9.13. The van der Waals surface area contributed by atoms with Crippen molar-refractivity contribution in [2.45, 2.75) is 24.8 Å². The quantitative estimate of drug-likeness (QED) is 0.542. The summed E-state index contributed by atoms with van der Waals surface area (Å²) in [6, 6.07) is 5.72. The Kier molecular flexibility index (Phi) is 5.00. The van der Waals surface area contributed by atoms with Crippen LogP contribution >= 0.6 is 23.1 Å². The van der Waals surface area contributed by atoms with Gasteiger partial charge >= 0.3 is 0 Å². The number of thioether (sulfide) groups is 1. The van der Waals surface area contributed by atoms with Crippen molar-refractivity contribution in [2.24, 2.45) is 0 Å². The van der Waals surface area contributed by atoms with E-state index in [1.165, 1.54) is 51.7 Å². The topological polar surface area (TPSA) is 89.9 Å². The molecular formula is C15H15FN6OS2. The second-order valence-electron chi connectivity index (χ2n) is 5.14. The van der Waals surface area contributed by atoms with Gasteiger partial charge in [0.2, 0.25) is 11.1 Å². The number of nitrogens with two attached hydrogens (primary N) is 1. The first-order valence-electron chi connectivity index (χ1n) is 7.26. The standard InChI is InChI=1S/C15H15FN6OS2/c1-9-19-20-15(22(9)17)25-8-12-7-24-14(18-12)21(10(2)23)13-5-3-11(16)4-6-13/h3-7H,8,17H2,1-2H3. The van der Waals surface area contributed by atoms with Gasteiger partial charge in [0.1, 0.15) is 11.6 Å². The summed E-state index contributed by atoms with van der Waals surface area (Å²) in [5.41, 5.74) is 1.36. The fraction of sp³-hybridized carbons (Fsp3) is 0.200. The van der Waals surface area contributed by atoms with Gasteiger partial charge in [-0.3, -0.25) is 9.69 Å². The fourth-order valence-electron chi connectivity index (χ4n) is 2.07. The third-order valence-electron chi connectivity index (χ3n) is 3.31. The molecule has 10 heteroatoms. The Morgan fingerprint density at radius 2 is 2.08 bits per heavy atom. The van der Waals surface area contributed by atoms with Gasteiger partial charge in [0.15, 0.2) is 5.13 Å². The largest absolute Gasteiger partial charge is 0.336 e. The van der Waals surface area contributed by atoms with Gasteiger partial charge in [0, 0.05) is 18.1 Å². The molecule has 0 saturated heterocycles. The molecule has 0 fully saturated rings. The number of aromatic nitrogens is 4. The molecule has 0 aliphatic rings. The molecule has 0 spiro atoms. The number of rotatable bonds is 5. The first kappa shape index (κ1) is 17.4. The number of carbonyl (C=O) groups excluding carboxylic acids is 1. The van der Waals surface area contributed by atoms with E-state index >= 15 is 0 Å². The lowest BCUT2D eigenvalue weighted by Gasteiger charge is -2.17. The van der Waals surface area contributed by atoms with Crippen LogP contribution in [0.1, 0.15) is 18.4 Å². The molecule has 2 N–H and O–H groups in total. The number of benzene rings is 1. The van der Waals surface area contributed by atoms with Crippen LogP contribution in [-0.4, -0.2) is 25.8 Å². The Morgan fingerprint density at radius 3 is 2.68 bits per heavy atom. The van der Waals surface area contributed by atoms with E-state index in [-0.39, 0.29) is 11.7 Å². The zero-order valence-electron chi connectivity index (χ0n) is 13.5. The van der Waals surface area contributed by atoms with Crippen LogP contribution in [0, 0.1) is 12.7 Å². The van der Waals surface area contributed by atoms with Crippen LogP contribution in [0.4, 0.5) is 15.2 Å². The van der Waals surface area contributed by atoms with Gasteiger partial charge in [0.25, 0.3) is 0 Å². The molecule has 3 rings (SSSR count). The molecule has 1 aromatic carbocycles. The second kappa shape index (κ2) is 7.19. The minimum absolute atomic E-state index is 0.197. The van der Waals surface area contributed by atoms with Gasteiger partial charge in [-0.25, -0.2) is 14.1 Å². The molecule has 0 bridgehead atoms. The maximum Gasteiger partial charge on any atom is 0.230 e. The maximum atomic E-state index is 13.1. The summed E-state index contributed by atoms with van der Waals surface area (Å²) in [5.74, 6) is 6.43. The van der Waals surface area contributed by atoms with E-state index in [4.69, 9.17) is 5.84 Å². The van der Waals surface area contributed by atoms with Gasteiger partial charge in [-0.05, 0) is 31.2 Å². The predicted octanol–water partition coefficient (Wildman–Crippen LogP) is 2.87. The molecule has 0 unspecified atom stereocenters. The van der Waals surface area contributed by atoms with Crippen LogP contribution in [0.3, 0.4) is 0 Å². The van der Waals surface area contributed by atoms with Crippen molar-refractivity contribution >= 4 is 39.8 Å². The average Bonchev–Trinajstić information content (AvgIpc) is 3.16. The van der Waals surface area contributed by atoms with Crippen molar-refractivity contribution in [3.8, 4) is 0 Å². The van der Waals surface area contributed by atoms with Crippen LogP contribution in [0.2, 0.25) is 0 Å². The zero-order valence-corrected chi connectivity index (χ0v) is 15.1. The summed E-state index contributed by atoms with van der Waals surface area (Å²) in [6.07, 6.45) is 0. The van der Waals surface area contributed by atoms with Crippen molar-refractivity contribution in [1.82, 2.24) is 19.9 Å². The molecule has 1 amide bonds. The molecule has 0 aliphatic carbocycles. The van der Waals surface area contributed by atoms with Gasteiger partial charge in [-0.2, -0.15) is 0 Å². The molecule has 0 atom stereocenters. The number of amides is 1. The third kappa shape index (κ3) is 3.80. The highest BCUT2D eigenvalue weighted by atomic mass is 32.2. The lowest BCUT2D eigenvalue weighted by Crippen LogP contribution is -2.22. The number of nitrogens with zero attached hydrogens (tertiary/aromatic N) is 5. The van der Waals surface area contributed by atoms with Crippen LogP contribution in [0.5, 0.6) is 0 Å². The van der Waals surface area contributed by atoms with E-state index in [1.54, 1.807) is 19.1 Å². The van der Waals surface area contributed by atoms with Gasteiger partial charge < -0.3 is 5.84 Å². The SMILES string of the molecule is CC(=O)N(c1ccc(F)cc1)c1nc(CSc2nnc(C)n2N)cs1. The summed E-state index contributed by atoms with van der Waals surface area (Å²) in [4.78, 5) is 18.0. The molecule has 2 aromatic heterocycles. The van der Waals surface area contributed by atoms with Gasteiger partial charge in [0.05, 0.1) is 11.4 Å². The molecule has 0 saturated carbocycles. The first-order chi connectivity index (χ1) is 12.0. The zero-order chi connectivity index (χ0) is 18.0. The van der Waals surface area contributed by atoms with E-state index in [1.807, 2.05) is 5.38 Å². The number of carbonyl (C=O) groups is 1. The second-order valence-corrected chi connectivity index (χ2v) is 6.92. The number of hydrogen-bond donors (Lipinski definition) is 1. The highest BCUT2D eigenvalue weighted by Crippen LogP contribution is 2.30. The molecule has 25 heavy (non-hydrogen) atoms. The number of aryl methyl sites for hydroxylation is 1. The number of anilines is 2. The summed E-state index contributed by atoms with van der Waals surface area (Å²) in [6.45, 7) is 3.21. The van der Waals surface area contributed by atoms with Gasteiger partial charge in [-0.15, -0.1) is 21.5 Å². The smallest absolute Gasteiger partial charge is 0.230 e. The monoisotopic (exact) mass is 378 g/mol. The summed E-state index contributed by atoms with van der Waals surface area (Å²) in [7, 11) is 0. The molecule has 0 aliphatic heterocycles. The highest BCUT2D eigenvalue weighted by molar-refractivity contribution is 7.98. The van der Waals surface area contributed by atoms with Crippen molar-refractivity contribution < 1.29 is 9.18 Å². The molecule has 7 nitrogen and oxygen atoms in total. The molecule has 3 aromatic rings. The highest BCUT2D eigenvalue weighted by Gasteiger charge is 2.18. The van der Waals surface area contributed by atoms with Crippen LogP contribution in [0.25, 0.3) is 0 Å². The minimum atomic E-state index is -0.357. The van der Waals surface area contributed by atoms with Gasteiger partial charge in [-0.1, -0.05) is 11.8 Å². The van der Waals surface area contributed by atoms with Crippen molar-refractivity contribution in [1.29, 1.82) is 0 Å². The van der Waals surface area contributed by atoms with E-state index in [2.05, 4.69) is 15.2 Å². The summed E-state index contributed by atoms with van der Waals surface area (Å²) < 4.78 is 14.5. The van der Waals surface area contributed by atoms with E-state index in [0.29, 0.717) is 27.6 Å². The molecule has 0 radical (unpaired) electrons. The van der Waals surface area contributed by atoms with Crippen LogP contribution < -0.4 is 10.7 Å². The minimum Gasteiger partial charge on any atom is -0.336 e. The number of nitrogen functional groups attached to an aromatic ring is 1. The Bertz CT molecular complexity index is 892. The Labute approximate surface area is 151 Å². The van der Waals surface area contributed by atoms with Crippen molar-refractivity contribution in [2.75, 3.05) is 10.7 Å². The van der Waals surface area contributed by atoms with Crippen molar-refractivity contribution in [3.05, 3.63) is 47.0 Å². The summed E-state index contributed by atoms with van der Waals surface area (Å²) >= 11 is 2.75. The van der Waals surface area contributed by atoms with Crippen LogP contribution in [-0.2, 0) is 10.5 Å². The summed E-state index contributed by atoms with van der Waals surface area (Å²) in [5, 5.41) is 10.9. The number of thiazole rings is 1.